The van der Waals surface area contributed by atoms with Gasteiger partial charge in [0, 0.05) is 11.1 Å². The van der Waals surface area contributed by atoms with Crippen LogP contribution in [-0.4, -0.2) is 25.8 Å². The Morgan fingerprint density at radius 2 is 2.12 bits per heavy atom. The van der Waals surface area contributed by atoms with Crippen LogP contribution in [0.3, 0.4) is 0 Å². The van der Waals surface area contributed by atoms with E-state index in [0.717, 1.165) is 4.90 Å². The number of rotatable bonds is 0. The maximum atomic E-state index is 14.3. The van der Waals surface area contributed by atoms with Crippen molar-refractivity contribution in [1.82, 2.24) is 14.6 Å². The third kappa shape index (κ3) is 2.65. The zero-order valence-electron chi connectivity index (χ0n) is 12.8. The van der Waals surface area contributed by atoms with Gasteiger partial charge in [0.2, 0.25) is 0 Å². The van der Waals surface area contributed by atoms with Crippen LogP contribution in [0.25, 0.3) is 5.65 Å². The van der Waals surface area contributed by atoms with Crippen molar-refractivity contribution < 1.29 is 19.0 Å². The second-order valence-electron chi connectivity index (χ2n) is 5.60. The minimum atomic E-state index is -1.20. The summed E-state index contributed by atoms with van der Waals surface area (Å²) in [5.74, 6) is -0.125. The maximum Gasteiger partial charge on any atom is 0.413 e. The van der Waals surface area contributed by atoms with E-state index in [9.17, 15) is 14.3 Å². The Morgan fingerprint density at radius 3 is 2.92 bits per heavy atom. The molecule has 0 unspecified atom stereocenters. The number of benzene rings is 1. The van der Waals surface area contributed by atoms with E-state index in [1.165, 1.54) is 12.4 Å². The Labute approximate surface area is 149 Å². The third-order valence-electron chi connectivity index (χ3n) is 4.11. The fourth-order valence-electron chi connectivity index (χ4n) is 2.98. The Bertz CT molecular complexity index is 991. The average molecular weight is 407 g/mol. The summed E-state index contributed by atoms with van der Waals surface area (Å²) in [4.78, 5) is 13.1. The van der Waals surface area contributed by atoms with Gasteiger partial charge in [0.25, 0.3) is 0 Å². The van der Waals surface area contributed by atoms with Gasteiger partial charge in [-0.2, -0.15) is 0 Å². The molecule has 0 saturated heterocycles. The Kier molecular flexibility index (Phi) is 3.89. The summed E-state index contributed by atoms with van der Waals surface area (Å²) < 4.78 is 22.3. The van der Waals surface area contributed by atoms with E-state index in [2.05, 4.69) is 26.1 Å². The first kappa shape index (κ1) is 16.0. The summed E-state index contributed by atoms with van der Waals surface area (Å²) in [6.07, 6.45) is 0.226. The van der Waals surface area contributed by atoms with Gasteiger partial charge in [0.1, 0.15) is 18.0 Å². The highest BCUT2D eigenvalue weighted by atomic mass is 79.9. The van der Waals surface area contributed by atoms with Crippen molar-refractivity contribution in [2.24, 2.45) is 0 Å². The summed E-state index contributed by atoms with van der Waals surface area (Å²) in [5.41, 5.74) is 2.02. The van der Waals surface area contributed by atoms with Crippen LogP contribution >= 0.6 is 15.9 Å². The van der Waals surface area contributed by atoms with Crippen LogP contribution in [0.4, 0.5) is 15.0 Å². The molecule has 0 fully saturated rings. The molecule has 25 heavy (non-hydrogen) atoms. The van der Waals surface area contributed by atoms with Gasteiger partial charge in [0.05, 0.1) is 24.2 Å². The number of anilines is 1. The molecule has 2 aromatic heterocycles. The quantitative estimate of drug-likeness (QED) is 0.619. The summed E-state index contributed by atoms with van der Waals surface area (Å²) in [6, 6.07) is 6.39. The average Bonchev–Trinajstić information content (AvgIpc) is 3.06. The lowest BCUT2D eigenvalue weighted by molar-refractivity contribution is 0.107. The predicted molar refractivity (Wildman–Crippen MR) is 89.8 cm³/mol. The van der Waals surface area contributed by atoms with Gasteiger partial charge >= 0.3 is 6.09 Å². The highest BCUT2D eigenvalue weighted by molar-refractivity contribution is 9.10. The number of pyridine rings is 1. The highest BCUT2D eigenvalue weighted by Gasteiger charge is 2.27. The Morgan fingerprint density at radius 1 is 1.32 bits per heavy atom. The van der Waals surface area contributed by atoms with Crippen molar-refractivity contribution in [1.29, 1.82) is 0 Å². The first-order chi connectivity index (χ1) is 12.1. The number of hydrogen-bond acceptors (Lipinski definition) is 4. The van der Waals surface area contributed by atoms with Crippen LogP contribution in [0.15, 0.2) is 35.1 Å². The summed E-state index contributed by atoms with van der Waals surface area (Å²) in [5, 5.41) is 17.6. The zero-order valence-corrected chi connectivity index (χ0v) is 14.4. The standard InChI is InChI=1S/C16H12BrFN4O3/c17-12-4-10-7-25-6-9-2-1-3-13(18)11(9)5-21(16(23)24)15(10)22-8-19-20-14(12)22/h1-4,8H,5-7H2,(H,23,24). The lowest BCUT2D eigenvalue weighted by Crippen LogP contribution is -2.32. The molecular weight excluding hydrogens is 395 g/mol. The second-order valence-corrected chi connectivity index (χ2v) is 6.46. The van der Waals surface area contributed by atoms with Crippen molar-refractivity contribution in [3.05, 3.63) is 57.6 Å². The molecular formula is C16H12BrFN4O3. The van der Waals surface area contributed by atoms with Crippen molar-refractivity contribution in [2.45, 2.75) is 19.8 Å². The molecule has 3 heterocycles. The van der Waals surface area contributed by atoms with E-state index < -0.39 is 11.9 Å². The van der Waals surface area contributed by atoms with Gasteiger partial charge in [-0.15, -0.1) is 10.2 Å². The van der Waals surface area contributed by atoms with E-state index >= 15 is 0 Å². The Balaban J connectivity index is 1.97. The maximum absolute atomic E-state index is 14.3. The number of aromatic nitrogens is 3. The molecule has 3 aromatic rings. The van der Waals surface area contributed by atoms with Gasteiger partial charge in [-0.05, 0) is 33.6 Å². The van der Waals surface area contributed by atoms with Crippen LogP contribution < -0.4 is 4.90 Å². The molecule has 4 rings (SSSR count). The number of hydrogen-bond donors (Lipinski definition) is 1. The first-order valence-electron chi connectivity index (χ1n) is 7.42. The SMILES string of the molecule is O=C(O)N1Cc2c(F)cccc2COCc2cc(Br)c3nncn3c21. The van der Waals surface area contributed by atoms with E-state index in [0.29, 0.717) is 32.6 Å². The molecule has 0 saturated carbocycles. The molecule has 0 aliphatic carbocycles. The van der Waals surface area contributed by atoms with Crippen molar-refractivity contribution in [3.63, 3.8) is 0 Å². The van der Waals surface area contributed by atoms with Gasteiger partial charge < -0.3 is 9.84 Å². The molecule has 1 aliphatic heterocycles. The topological polar surface area (TPSA) is 80.0 Å². The molecule has 0 atom stereocenters. The van der Waals surface area contributed by atoms with E-state index in [4.69, 9.17) is 4.74 Å². The molecule has 1 aromatic carbocycles. The highest BCUT2D eigenvalue weighted by Crippen LogP contribution is 2.32. The monoisotopic (exact) mass is 406 g/mol. The smallest absolute Gasteiger partial charge is 0.413 e. The van der Waals surface area contributed by atoms with Crippen LogP contribution in [0.2, 0.25) is 0 Å². The minimum Gasteiger partial charge on any atom is -0.465 e. The van der Waals surface area contributed by atoms with Crippen molar-refractivity contribution in [2.75, 3.05) is 4.90 Å². The molecule has 128 valence electrons. The number of nitrogens with zero attached hydrogens (tertiary/aromatic N) is 4. The minimum absolute atomic E-state index is 0.136. The molecule has 0 bridgehead atoms. The lowest BCUT2D eigenvalue weighted by Gasteiger charge is -2.23. The van der Waals surface area contributed by atoms with Crippen LogP contribution in [0, 0.1) is 5.82 Å². The number of carboxylic acid groups (broad SMARTS) is 1. The number of fused-ring (bicyclic) bond motifs is 4. The van der Waals surface area contributed by atoms with Crippen molar-refractivity contribution >= 4 is 33.5 Å². The molecule has 7 nitrogen and oxygen atoms in total. The van der Waals surface area contributed by atoms with Crippen LogP contribution in [0.5, 0.6) is 0 Å². The van der Waals surface area contributed by atoms with Gasteiger partial charge in [-0.1, -0.05) is 12.1 Å². The lowest BCUT2D eigenvalue weighted by atomic mass is 10.1. The largest absolute Gasteiger partial charge is 0.465 e. The third-order valence-corrected chi connectivity index (χ3v) is 4.70. The van der Waals surface area contributed by atoms with Crippen LogP contribution in [0.1, 0.15) is 16.7 Å². The number of carbonyl (C=O) groups is 1. The summed E-state index contributed by atoms with van der Waals surface area (Å²) >= 11 is 3.41. The van der Waals surface area contributed by atoms with E-state index in [1.54, 1.807) is 22.6 Å². The normalized spacial score (nSPS) is 14.4. The number of amides is 1. The molecule has 0 radical (unpaired) electrons. The number of ether oxygens (including phenoxy) is 1. The molecule has 1 amide bonds. The number of halogens is 2. The fraction of sp³-hybridized carbons (Fsp3) is 0.188. The fourth-order valence-corrected chi connectivity index (χ4v) is 3.52. The van der Waals surface area contributed by atoms with Gasteiger partial charge in [0.15, 0.2) is 5.65 Å². The predicted octanol–water partition coefficient (Wildman–Crippen LogP) is 3.35. The van der Waals surface area contributed by atoms with E-state index in [1.807, 2.05) is 0 Å². The summed E-state index contributed by atoms with van der Waals surface area (Å²) in [7, 11) is 0. The zero-order chi connectivity index (χ0) is 17.6. The van der Waals surface area contributed by atoms with Gasteiger partial charge in [-0.25, -0.2) is 9.18 Å². The first-order valence-corrected chi connectivity index (χ1v) is 8.21. The van der Waals surface area contributed by atoms with Gasteiger partial charge in [-0.3, -0.25) is 9.30 Å². The van der Waals surface area contributed by atoms with Crippen molar-refractivity contribution in [3.8, 4) is 0 Å². The van der Waals surface area contributed by atoms with Crippen LogP contribution in [-0.2, 0) is 24.5 Å². The molecule has 1 aliphatic rings. The summed E-state index contributed by atoms with van der Waals surface area (Å²) in [6.45, 7) is 0.224. The van der Waals surface area contributed by atoms with E-state index in [-0.39, 0.29) is 19.8 Å². The molecule has 1 N–H and O–H groups in total. The second kappa shape index (κ2) is 6.08. The molecule has 0 spiro atoms. The Hall–Kier alpha value is -2.52. The molecule has 9 heteroatoms.